The second-order valence-electron chi connectivity index (χ2n) is 3.61. The summed E-state index contributed by atoms with van der Waals surface area (Å²) in [6.07, 6.45) is 1.46. The number of benzene rings is 1. The average Bonchev–Trinajstić information content (AvgIpc) is 2.33. The lowest BCUT2D eigenvalue weighted by Gasteiger charge is -2.09. The molecule has 0 aliphatic carbocycles. The topological polar surface area (TPSA) is 53.1 Å². The second-order valence-corrected chi connectivity index (χ2v) is 4.84. The maximum atomic E-state index is 11.9. The number of H-pyrrole nitrogens is 1. The van der Waals surface area contributed by atoms with Gasteiger partial charge < -0.3 is 10.1 Å². The van der Waals surface area contributed by atoms with E-state index >= 15 is 0 Å². The lowest BCUT2D eigenvalue weighted by molar-refractivity contribution is 0.282. The molecule has 0 saturated carbocycles. The van der Waals surface area contributed by atoms with Gasteiger partial charge in [0.1, 0.15) is 0 Å². The zero-order valence-corrected chi connectivity index (χ0v) is 11.3. The number of hydrogen-bond acceptors (Lipinski definition) is 2. The molecule has 0 unspecified atom stereocenters. The number of halogens is 3. The highest BCUT2D eigenvalue weighted by Crippen LogP contribution is 2.36. The Morgan fingerprint density at radius 2 is 1.94 bits per heavy atom. The van der Waals surface area contributed by atoms with Crippen LogP contribution >= 0.6 is 34.8 Å². The zero-order chi connectivity index (χ0) is 13.3. The van der Waals surface area contributed by atoms with Gasteiger partial charge in [-0.25, -0.2) is 0 Å². The summed E-state index contributed by atoms with van der Waals surface area (Å²) in [7, 11) is 0. The van der Waals surface area contributed by atoms with Crippen LogP contribution in [0.5, 0.6) is 0 Å². The predicted molar refractivity (Wildman–Crippen MR) is 73.5 cm³/mol. The Balaban J connectivity index is 2.81. The maximum Gasteiger partial charge on any atom is 0.256 e. The van der Waals surface area contributed by atoms with Crippen LogP contribution in [0.1, 0.15) is 5.56 Å². The van der Waals surface area contributed by atoms with Gasteiger partial charge in [0.15, 0.2) is 0 Å². The minimum atomic E-state index is -0.359. The molecular weight excluding hydrogens is 296 g/mol. The zero-order valence-electron chi connectivity index (χ0n) is 9.01. The Kier molecular flexibility index (Phi) is 3.97. The van der Waals surface area contributed by atoms with Crippen molar-refractivity contribution in [3.8, 4) is 11.1 Å². The molecule has 18 heavy (non-hydrogen) atoms. The van der Waals surface area contributed by atoms with Gasteiger partial charge in [0.25, 0.3) is 5.56 Å². The third kappa shape index (κ3) is 2.40. The molecule has 0 amide bonds. The van der Waals surface area contributed by atoms with Crippen LogP contribution in [-0.4, -0.2) is 10.1 Å². The summed E-state index contributed by atoms with van der Waals surface area (Å²) in [5.74, 6) is 0. The molecule has 1 heterocycles. The van der Waals surface area contributed by atoms with Crippen molar-refractivity contribution in [1.29, 1.82) is 0 Å². The molecule has 1 aromatic heterocycles. The van der Waals surface area contributed by atoms with E-state index in [0.29, 0.717) is 16.1 Å². The van der Waals surface area contributed by atoms with Gasteiger partial charge in [0.2, 0.25) is 0 Å². The fraction of sp³-hybridized carbons (Fsp3) is 0.0833. The van der Waals surface area contributed by atoms with Crippen molar-refractivity contribution in [2.24, 2.45) is 0 Å². The molecule has 0 saturated heterocycles. The minimum absolute atomic E-state index is 0.229. The number of aromatic nitrogens is 1. The van der Waals surface area contributed by atoms with E-state index in [4.69, 9.17) is 34.8 Å². The first kappa shape index (κ1) is 13.4. The first-order valence-electron chi connectivity index (χ1n) is 5.01. The third-order valence-electron chi connectivity index (χ3n) is 2.48. The highest BCUT2D eigenvalue weighted by atomic mass is 35.5. The van der Waals surface area contributed by atoms with Crippen molar-refractivity contribution < 1.29 is 5.11 Å². The van der Waals surface area contributed by atoms with Crippen LogP contribution in [0.25, 0.3) is 11.1 Å². The molecule has 0 aliphatic heterocycles. The standard InChI is InChI=1S/C12H8Cl3NO2/c13-7-3-8(11(15)9(14)4-7)10-6(5-17)1-2-16-12(10)18/h1-4,17H,5H2,(H,16,18). The monoisotopic (exact) mass is 303 g/mol. The van der Waals surface area contributed by atoms with Crippen molar-refractivity contribution in [2.45, 2.75) is 6.61 Å². The quantitative estimate of drug-likeness (QED) is 0.834. The van der Waals surface area contributed by atoms with E-state index < -0.39 is 0 Å². The number of aliphatic hydroxyl groups excluding tert-OH is 1. The van der Waals surface area contributed by atoms with Gasteiger partial charge in [0.05, 0.1) is 22.2 Å². The second kappa shape index (κ2) is 5.33. The molecule has 0 fully saturated rings. The summed E-state index contributed by atoms with van der Waals surface area (Å²) >= 11 is 17.9. The number of aromatic amines is 1. The fourth-order valence-corrected chi connectivity index (χ4v) is 2.38. The average molecular weight is 305 g/mol. The molecule has 94 valence electrons. The Morgan fingerprint density at radius 1 is 1.22 bits per heavy atom. The van der Waals surface area contributed by atoms with Crippen molar-refractivity contribution in [1.82, 2.24) is 4.98 Å². The van der Waals surface area contributed by atoms with E-state index in [1.165, 1.54) is 12.3 Å². The van der Waals surface area contributed by atoms with Gasteiger partial charge in [-0.15, -0.1) is 0 Å². The van der Waals surface area contributed by atoms with Crippen molar-refractivity contribution in [3.05, 3.63) is 55.4 Å². The van der Waals surface area contributed by atoms with E-state index in [0.717, 1.165) is 0 Å². The van der Waals surface area contributed by atoms with E-state index in [1.54, 1.807) is 12.1 Å². The summed E-state index contributed by atoms with van der Waals surface area (Å²) < 4.78 is 0. The minimum Gasteiger partial charge on any atom is -0.392 e. The van der Waals surface area contributed by atoms with Crippen LogP contribution in [-0.2, 0) is 6.61 Å². The molecule has 2 rings (SSSR count). The normalized spacial score (nSPS) is 10.7. The van der Waals surface area contributed by atoms with Crippen LogP contribution in [0, 0.1) is 0 Å². The molecular formula is C12H8Cl3NO2. The molecule has 0 spiro atoms. The van der Waals surface area contributed by atoms with Crippen molar-refractivity contribution >= 4 is 34.8 Å². The predicted octanol–water partition coefficient (Wildman–Crippen LogP) is 3.49. The van der Waals surface area contributed by atoms with Crippen LogP contribution in [0.4, 0.5) is 0 Å². The van der Waals surface area contributed by atoms with E-state index in [9.17, 15) is 9.90 Å². The molecule has 0 atom stereocenters. The van der Waals surface area contributed by atoms with Gasteiger partial charge in [-0.3, -0.25) is 4.79 Å². The molecule has 0 bridgehead atoms. The highest BCUT2D eigenvalue weighted by Gasteiger charge is 2.15. The lowest BCUT2D eigenvalue weighted by Crippen LogP contribution is -2.11. The summed E-state index contributed by atoms with van der Waals surface area (Å²) in [6, 6.07) is 4.63. The first-order chi connectivity index (χ1) is 8.54. The highest BCUT2D eigenvalue weighted by molar-refractivity contribution is 6.45. The van der Waals surface area contributed by atoms with Crippen molar-refractivity contribution in [2.75, 3.05) is 0 Å². The number of hydrogen-bond donors (Lipinski definition) is 2. The molecule has 6 heteroatoms. The van der Waals surface area contributed by atoms with Crippen molar-refractivity contribution in [3.63, 3.8) is 0 Å². The van der Waals surface area contributed by atoms with Gasteiger partial charge >= 0.3 is 0 Å². The number of rotatable bonds is 2. The van der Waals surface area contributed by atoms with Crippen LogP contribution in [0.3, 0.4) is 0 Å². The van der Waals surface area contributed by atoms with Crippen LogP contribution in [0.2, 0.25) is 15.1 Å². The lowest BCUT2D eigenvalue weighted by atomic mass is 10.0. The summed E-state index contributed by atoms with van der Waals surface area (Å²) in [5, 5.41) is 10.1. The van der Waals surface area contributed by atoms with E-state index in [2.05, 4.69) is 4.98 Å². The largest absolute Gasteiger partial charge is 0.392 e. The van der Waals surface area contributed by atoms with Gasteiger partial charge in [-0.2, -0.15) is 0 Å². The smallest absolute Gasteiger partial charge is 0.256 e. The van der Waals surface area contributed by atoms with Gasteiger partial charge in [-0.1, -0.05) is 34.8 Å². The Hall–Kier alpha value is -1.000. The molecule has 2 N–H and O–H groups in total. The van der Waals surface area contributed by atoms with Gasteiger partial charge in [0, 0.05) is 16.8 Å². The molecule has 0 aliphatic rings. The number of pyridine rings is 1. The summed E-state index contributed by atoms with van der Waals surface area (Å²) in [6.45, 7) is -0.278. The molecule has 1 aromatic carbocycles. The Labute approximate surface area is 118 Å². The van der Waals surface area contributed by atoms with Crippen LogP contribution < -0.4 is 5.56 Å². The van der Waals surface area contributed by atoms with E-state index in [-0.39, 0.29) is 27.8 Å². The molecule has 3 nitrogen and oxygen atoms in total. The summed E-state index contributed by atoms with van der Waals surface area (Å²) in [4.78, 5) is 14.4. The Bertz CT molecular complexity index is 652. The van der Waals surface area contributed by atoms with E-state index in [1.807, 2.05) is 0 Å². The number of aliphatic hydroxyl groups is 1. The SMILES string of the molecule is O=c1[nH]ccc(CO)c1-c1cc(Cl)cc(Cl)c1Cl. The Morgan fingerprint density at radius 3 is 2.61 bits per heavy atom. The maximum absolute atomic E-state index is 11.9. The molecule has 2 aromatic rings. The fourth-order valence-electron chi connectivity index (χ4n) is 1.68. The number of nitrogens with one attached hydrogen (secondary N) is 1. The van der Waals surface area contributed by atoms with Crippen LogP contribution in [0.15, 0.2) is 29.2 Å². The summed E-state index contributed by atoms with van der Waals surface area (Å²) in [5.41, 5.74) is 0.773. The molecule has 0 radical (unpaired) electrons. The van der Waals surface area contributed by atoms with Gasteiger partial charge in [-0.05, 0) is 23.8 Å². The third-order valence-corrected chi connectivity index (χ3v) is 3.50. The first-order valence-corrected chi connectivity index (χ1v) is 6.14.